The molecule has 8 nitrogen and oxygen atoms in total. The van der Waals surface area contributed by atoms with Gasteiger partial charge in [0.05, 0.1) is 23.4 Å². The Morgan fingerprint density at radius 1 is 1.21 bits per heavy atom. The largest absolute Gasteiger partial charge is 0.447 e. The van der Waals surface area contributed by atoms with Crippen molar-refractivity contribution in [2.75, 3.05) is 32.2 Å². The van der Waals surface area contributed by atoms with Gasteiger partial charge in [0.1, 0.15) is 19.0 Å². The van der Waals surface area contributed by atoms with Gasteiger partial charge in [0, 0.05) is 23.8 Å². The number of carbonyl (C=O) groups is 2. The number of nitrogens with one attached hydrogen (secondary N) is 2. The number of aromatic nitrogens is 2. The Kier molecular flexibility index (Phi) is 5.05. The molecule has 4 rings (SSSR count). The van der Waals surface area contributed by atoms with Crippen LogP contribution in [0, 0.1) is 5.82 Å². The number of rotatable bonds is 5. The highest BCUT2D eigenvalue weighted by molar-refractivity contribution is 6.22. The molecule has 2 heterocycles. The number of hydrogen-bond acceptors (Lipinski definition) is 6. The van der Waals surface area contributed by atoms with Gasteiger partial charge in [-0.2, -0.15) is 0 Å². The summed E-state index contributed by atoms with van der Waals surface area (Å²) in [7, 11) is 1.51. The molecule has 0 unspecified atom stereocenters. The van der Waals surface area contributed by atoms with E-state index in [1.807, 2.05) is 0 Å². The van der Waals surface area contributed by atoms with Gasteiger partial charge in [-0.3, -0.25) is 15.1 Å². The second-order valence-corrected chi connectivity index (χ2v) is 6.35. The Hall–Kier alpha value is -3.59. The van der Waals surface area contributed by atoms with Crippen molar-refractivity contribution in [3.63, 3.8) is 0 Å². The number of Topliss-reactive ketones (excluding diaryl/α,β-unsaturated/α-hetero) is 1. The van der Waals surface area contributed by atoms with Crippen LogP contribution in [0.4, 0.5) is 15.1 Å². The van der Waals surface area contributed by atoms with E-state index in [2.05, 4.69) is 20.3 Å². The molecule has 0 spiro atoms. The zero-order valence-corrected chi connectivity index (χ0v) is 15.5. The number of anilines is 1. The number of hydrogen-bond donors (Lipinski definition) is 2. The van der Waals surface area contributed by atoms with Crippen LogP contribution in [0.3, 0.4) is 0 Å². The van der Waals surface area contributed by atoms with E-state index in [0.717, 1.165) is 0 Å². The summed E-state index contributed by atoms with van der Waals surface area (Å²) in [5.74, 6) is -0.358. The lowest BCUT2D eigenvalue weighted by molar-refractivity contribution is 0.1000. The van der Waals surface area contributed by atoms with Crippen molar-refractivity contribution in [3.05, 3.63) is 58.9 Å². The zero-order valence-electron chi connectivity index (χ0n) is 15.5. The van der Waals surface area contributed by atoms with Gasteiger partial charge in [-0.1, -0.05) is 6.07 Å². The highest BCUT2D eigenvalue weighted by atomic mass is 19.1. The van der Waals surface area contributed by atoms with E-state index >= 15 is 0 Å². The number of H-pyrrole nitrogens is 1. The van der Waals surface area contributed by atoms with E-state index in [0.29, 0.717) is 40.0 Å². The summed E-state index contributed by atoms with van der Waals surface area (Å²) in [6, 6.07) is 9.38. The fourth-order valence-electron chi connectivity index (χ4n) is 3.09. The van der Waals surface area contributed by atoms with Crippen molar-refractivity contribution in [2.45, 2.75) is 0 Å². The Bertz CT molecular complexity index is 1140. The maximum absolute atomic E-state index is 13.8. The lowest BCUT2D eigenvalue weighted by Crippen LogP contribution is -2.20. The molecule has 29 heavy (non-hydrogen) atoms. The van der Waals surface area contributed by atoms with Gasteiger partial charge in [0.2, 0.25) is 5.95 Å². The predicted octanol–water partition coefficient (Wildman–Crippen LogP) is 2.93. The fourth-order valence-corrected chi connectivity index (χ4v) is 3.09. The molecule has 0 bridgehead atoms. The number of halogens is 1. The first-order chi connectivity index (χ1) is 14.0. The molecule has 0 saturated carbocycles. The van der Waals surface area contributed by atoms with Crippen LogP contribution in [-0.2, 0) is 9.47 Å². The molecule has 3 aromatic rings. The van der Waals surface area contributed by atoms with Crippen LogP contribution in [-0.4, -0.2) is 54.4 Å². The minimum atomic E-state index is -0.652. The minimum absolute atomic E-state index is 0.00903. The highest BCUT2D eigenvalue weighted by Crippen LogP contribution is 2.24. The Morgan fingerprint density at radius 3 is 2.90 bits per heavy atom. The molecular weight excluding hydrogens is 379 g/mol. The SMILES string of the molecule is COCCOC(=O)Nc1nc2ccc(C3=NCC(=O)c4ccc(F)cc43)cc2[nH]1. The van der Waals surface area contributed by atoms with Gasteiger partial charge in [0.15, 0.2) is 5.78 Å². The smallest absolute Gasteiger partial charge is 0.414 e. The Morgan fingerprint density at radius 2 is 2.07 bits per heavy atom. The normalized spacial score (nSPS) is 13.2. The second kappa shape index (κ2) is 7.80. The van der Waals surface area contributed by atoms with Crippen molar-refractivity contribution >= 4 is 34.6 Å². The summed E-state index contributed by atoms with van der Waals surface area (Å²) in [5, 5.41) is 2.51. The molecule has 1 amide bonds. The third-order valence-corrected chi connectivity index (χ3v) is 4.41. The number of carbonyl (C=O) groups excluding carboxylic acids is 2. The number of ether oxygens (including phenoxy) is 2. The molecule has 0 aliphatic carbocycles. The number of fused-ring (bicyclic) bond motifs is 2. The Labute approximate surface area is 164 Å². The average Bonchev–Trinajstić information content (AvgIpc) is 3.09. The molecule has 1 aliphatic rings. The third kappa shape index (κ3) is 3.85. The lowest BCUT2D eigenvalue weighted by Gasteiger charge is -2.16. The van der Waals surface area contributed by atoms with Crippen molar-refractivity contribution in [3.8, 4) is 0 Å². The molecule has 0 radical (unpaired) electrons. The number of imidazole rings is 1. The van der Waals surface area contributed by atoms with E-state index in [4.69, 9.17) is 9.47 Å². The average molecular weight is 396 g/mol. The summed E-state index contributed by atoms with van der Waals surface area (Å²) in [6.07, 6.45) is -0.652. The fraction of sp³-hybridized carbons (Fsp3) is 0.200. The number of nitrogens with zero attached hydrogens (tertiary/aromatic N) is 2. The highest BCUT2D eigenvalue weighted by Gasteiger charge is 2.22. The first-order valence-electron chi connectivity index (χ1n) is 8.85. The van der Waals surface area contributed by atoms with Crippen molar-refractivity contribution < 1.29 is 23.5 Å². The number of benzene rings is 2. The van der Waals surface area contributed by atoms with Crippen LogP contribution in [0.5, 0.6) is 0 Å². The summed E-state index contributed by atoms with van der Waals surface area (Å²) in [5.41, 5.74) is 3.40. The first kappa shape index (κ1) is 18.8. The number of aromatic amines is 1. The van der Waals surface area contributed by atoms with Gasteiger partial charge >= 0.3 is 6.09 Å². The van der Waals surface area contributed by atoms with E-state index in [1.54, 1.807) is 18.2 Å². The first-order valence-corrected chi connectivity index (χ1v) is 8.85. The lowest BCUT2D eigenvalue weighted by atomic mass is 9.92. The van der Waals surface area contributed by atoms with E-state index in [-0.39, 0.29) is 24.9 Å². The molecule has 0 fully saturated rings. The number of methoxy groups -OCH3 is 1. The predicted molar refractivity (Wildman–Crippen MR) is 104 cm³/mol. The summed E-state index contributed by atoms with van der Waals surface area (Å²) in [6.45, 7) is 0.430. The van der Waals surface area contributed by atoms with Gasteiger partial charge < -0.3 is 14.5 Å². The van der Waals surface area contributed by atoms with Gasteiger partial charge in [-0.15, -0.1) is 0 Å². The maximum atomic E-state index is 13.8. The molecule has 9 heteroatoms. The molecule has 1 aliphatic heterocycles. The third-order valence-electron chi connectivity index (χ3n) is 4.41. The van der Waals surface area contributed by atoms with Crippen LogP contribution in [0.15, 0.2) is 41.4 Å². The number of amides is 1. The van der Waals surface area contributed by atoms with Crippen LogP contribution in [0.2, 0.25) is 0 Å². The van der Waals surface area contributed by atoms with Gasteiger partial charge in [0.25, 0.3) is 0 Å². The molecule has 0 atom stereocenters. The van der Waals surface area contributed by atoms with Gasteiger partial charge in [-0.25, -0.2) is 14.2 Å². The molecule has 2 aromatic carbocycles. The topological polar surface area (TPSA) is 106 Å². The monoisotopic (exact) mass is 396 g/mol. The van der Waals surface area contributed by atoms with Crippen molar-refractivity contribution in [1.29, 1.82) is 0 Å². The maximum Gasteiger partial charge on any atom is 0.414 e. The molecule has 148 valence electrons. The second-order valence-electron chi connectivity index (χ2n) is 6.35. The summed E-state index contributed by atoms with van der Waals surface area (Å²) >= 11 is 0. The number of aliphatic imine (C=N–C) groups is 1. The van der Waals surface area contributed by atoms with Crippen molar-refractivity contribution in [2.24, 2.45) is 4.99 Å². The summed E-state index contributed by atoms with van der Waals surface area (Å²) < 4.78 is 23.5. The standard InChI is InChI=1S/C20H17FN4O4/c1-28-6-7-29-20(27)25-19-23-15-5-2-11(8-16(15)24-19)18-14-9-12(21)3-4-13(14)17(26)10-22-18/h2-5,8-9H,6-7,10H2,1H3,(H2,23,24,25,27). The van der Waals surface area contributed by atoms with E-state index < -0.39 is 11.9 Å². The molecule has 1 aromatic heterocycles. The molecular formula is C20H17FN4O4. The van der Waals surface area contributed by atoms with Gasteiger partial charge in [-0.05, 0) is 30.3 Å². The molecule has 2 N–H and O–H groups in total. The zero-order chi connectivity index (χ0) is 20.4. The van der Waals surface area contributed by atoms with Crippen LogP contribution >= 0.6 is 0 Å². The molecule has 0 saturated heterocycles. The minimum Gasteiger partial charge on any atom is -0.447 e. The van der Waals surface area contributed by atoms with Crippen molar-refractivity contribution in [1.82, 2.24) is 9.97 Å². The van der Waals surface area contributed by atoms with E-state index in [9.17, 15) is 14.0 Å². The Balaban J connectivity index is 1.61. The van der Waals surface area contributed by atoms with Crippen LogP contribution < -0.4 is 5.32 Å². The quantitative estimate of drug-likeness (QED) is 0.645. The van der Waals surface area contributed by atoms with Crippen LogP contribution in [0.1, 0.15) is 21.5 Å². The number of ketones is 1. The van der Waals surface area contributed by atoms with E-state index in [1.165, 1.54) is 25.3 Å². The summed E-state index contributed by atoms with van der Waals surface area (Å²) in [4.78, 5) is 35.4. The van der Waals surface area contributed by atoms with Crippen LogP contribution in [0.25, 0.3) is 11.0 Å².